The number of aromatic nitrogens is 1. The van der Waals surface area contributed by atoms with Crippen LogP contribution in [0.25, 0.3) is 11.1 Å². The summed E-state index contributed by atoms with van der Waals surface area (Å²) in [6.45, 7) is 0. The number of para-hydroxylation sites is 2. The normalized spacial score (nSPS) is 10.9. The Morgan fingerprint density at radius 2 is 1.95 bits per heavy atom. The predicted molar refractivity (Wildman–Crippen MR) is 80.7 cm³/mol. The number of thioether (sulfide) groups is 1. The van der Waals surface area contributed by atoms with Gasteiger partial charge in [0, 0.05) is 22.3 Å². The Hall–Kier alpha value is -1.49. The minimum absolute atomic E-state index is 0.238. The van der Waals surface area contributed by atoms with E-state index in [-0.39, 0.29) is 5.12 Å². The van der Waals surface area contributed by atoms with E-state index in [4.69, 9.17) is 27.6 Å². The molecule has 0 radical (unpaired) electrons. The average molecular weight is 324 g/mol. The van der Waals surface area contributed by atoms with Crippen molar-refractivity contribution in [2.24, 2.45) is 0 Å². The lowest BCUT2D eigenvalue weighted by Crippen LogP contribution is -1.94. The molecule has 0 bridgehead atoms. The minimum Gasteiger partial charge on any atom is -0.431 e. The highest BCUT2D eigenvalue weighted by molar-refractivity contribution is 8.14. The highest BCUT2D eigenvalue weighted by Gasteiger charge is 2.16. The fourth-order valence-electron chi connectivity index (χ4n) is 1.68. The third-order valence-electron chi connectivity index (χ3n) is 2.61. The average Bonchev–Trinajstić information content (AvgIpc) is 2.80. The summed E-state index contributed by atoms with van der Waals surface area (Å²) in [4.78, 5) is 16.4. The van der Waals surface area contributed by atoms with Crippen molar-refractivity contribution in [1.29, 1.82) is 0 Å². The first kappa shape index (κ1) is 13.5. The van der Waals surface area contributed by atoms with Gasteiger partial charge < -0.3 is 4.42 Å². The molecule has 0 saturated heterocycles. The zero-order valence-corrected chi connectivity index (χ0v) is 12.3. The number of nitrogens with zero attached hydrogens (tertiary/aromatic N) is 1. The zero-order valence-electron chi connectivity index (χ0n) is 9.97. The summed E-state index contributed by atoms with van der Waals surface area (Å²) in [6, 6.07) is 12.1. The summed E-state index contributed by atoms with van der Waals surface area (Å²) in [7, 11) is 0. The number of carbonyl (C=O) groups excluding carboxylic acids is 1. The molecule has 0 aliphatic rings. The Morgan fingerprint density at radius 1 is 1.15 bits per heavy atom. The van der Waals surface area contributed by atoms with Gasteiger partial charge in [-0.25, -0.2) is 4.98 Å². The summed E-state index contributed by atoms with van der Waals surface area (Å²) in [6.07, 6.45) is 0. The maximum Gasteiger partial charge on any atom is 0.264 e. The lowest BCUT2D eigenvalue weighted by atomic mass is 10.2. The van der Waals surface area contributed by atoms with Crippen LogP contribution in [0.3, 0.4) is 0 Å². The molecule has 6 heteroatoms. The summed E-state index contributed by atoms with van der Waals surface area (Å²) in [5.41, 5.74) is 1.73. The van der Waals surface area contributed by atoms with E-state index >= 15 is 0 Å². The minimum atomic E-state index is -0.238. The van der Waals surface area contributed by atoms with Gasteiger partial charge in [0.1, 0.15) is 5.52 Å². The molecular formula is C14H7Cl2NO2S. The van der Waals surface area contributed by atoms with Gasteiger partial charge in [0.2, 0.25) is 5.12 Å². The number of carbonyl (C=O) groups is 1. The smallest absolute Gasteiger partial charge is 0.264 e. The number of hydrogen-bond donors (Lipinski definition) is 0. The lowest BCUT2D eigenvalue weighted by molar-refractivity contribution is 0.108. The SMILES string of the molecule is O=C(Sc1nc2ccccc2o1)c1ccc(Cl)cc1Cl. The molecule has 20 heavy (non-hydrogen) atoms. The predicted octanol–water partition coefficient (Wildman–Crippen LogP) is 5.07. The molecule has 3 nitrogen and oxygen atoms in total. The van der Waals surface area contributed by atoms with Crippen molar-refractivity contribution >= 4 is 51.2 Å². The van der Waals surface area contributed by atoms with Gasteiger partial charge in [0.25, 0.3) is 5.22 Å². The first-order valence-corrected chi connectivity index (χ1v) is 7.23. The quantitative estimate of drug-likeness (QED) is 0.618. The van der Waals surface area contributed by atoms with Crippen molar-refractivity contribution in [3.05, 3.63) is 58.1 Å². The molecule has 2 aromatic carbocycles. The second-order valence-corrected chi connectivity index (χ2v) is 5.73. The van der Waals surface area contributed by atoms with E-state index in [0.29, 0.717) is 31.9 Å². The molecule has 1 aromatic heterocycles. The largest absolute Gasteiger partial charge is 0.431 e. The maximum absolute atomic E-state index is 12.2. The molecule has 0 spiro atoms. The molecule has 0 aliphatic carbocycles. The molecule has 0 unspecified atom stereocenters. The number of fused-ring (bicyclic) bond motifs is 1. The van der Waals surface area contributed by atoms with E-state index in [1.54, 1.807) is 18.2 Å². The van der Waals surface area contributed by atoms with Gasteiger partial charge in [-0.05, 0) is 30.3 Å². The first-order valence-electron chi connectivity index (χ1n) is 5.66. The van der Waals surface area contributed by atoms with E-state index in [9.17, 15) is 4.79 Å². The Balaban J connectivity index is 1.88. The molecule has 0 amide bonds. The van der Waals surface area contributed by atoms with Gasteiger partial charge in [-0.3, -0.25) is 4.79 Å². The summed E-state index contributed by atoms with van der Waals surface area (Å²) < 4.78 is 5.49. The van der Waals surface area contributed by atoms with Crippen LogP contribution >= 0.6 is 35.0 Å². The third kappa shape index (κ3) is 2.68. The van der Waals surface area contributed by atoms with Crippen LogP contribution in [0.5, 0.6) is 0 Å². The zero-order chi connectivity index (χ0) is 14.1. The number of oxazole rings is 1. The van der Waals surface area contributed by atoms with Crippen molar-refractivity contribution in [2.45, 2.75) is 5.22 Å². The molecule has 0 atom stereocenters. The van der Waals surface area contributed by atoms with Crippen LogP contribution in [0, 0.1) is 0 Å². The topological polar surface area (TPSA) is 43.1 Å². The monoisotopic (exact) mass is 323 g/mol. The fraction of sp³-hybridized carbons (Fsp3) is 0. The maximum atomic E-state index is 12.2. The summed E-state index contributed by atoms with van der Waals surface area (Å²) in [5, 5.41) is 0.852. The highest BCUT2D eigenvalue weighted by atomic mass is 35.5. The van der Waals surface area contributed by atoms with Crippen LogP contribution in [0.1, 0.15) is 10.4 Å². The summed E-state index contributed by atoms with van der Waals surface area (Å²) >= 11 is 12.7. The molecular weight excluding hydrogens is 317 g/mol. The molecule has 0 fully saturated rings. The van der Waals surface area contributed by atoms with Crippen molar-refractivity contribution in [3.8, 4) is 0 Å². The first-order chi connectivity index (χ1) is 9.63. The Bertz CT molecular complexity index is 768. The van der Waals surface area contributed by atoms with Crippen LogP contribution in [0.2, 0.25) is 10.0 Å². The van der Waals surface area contributed by atoms with Crippen LogP contribution in [-0.4, -0.2) is 10.1 Å². The fourth-order valence-corrected chi connectivity index (χ4v) is 2.96. The van der Waals surface area contributed by atoms with Crippen molar-refractivity contribution in [2.75, 3.05) is 0 Å². The third-order valence-corrected chi connectivity index (χ3v) is 3.91. The lowest BCUT2D eigenvalue weighted by Gasteiger charge is -2.01. The van der Waals surface area contributed by atoms with Gasteiger partial charge in [-0.2, -0.15) is 0 Å². The highest BCUT2D eigenvalue weighted by Crippen LogP contribution is 2.30. The number of hydrogen-bond acceptors (Lipinski definition) is 4. The number of benzene rings is 2. The van der Waals surface area contributed by atoms with E-state index in [2.05, 4.69) is 4.98 Å². The van der Waals surface area contributed by atoms with E-state index in [1.807, 2.05) is 18.2 Å². The molecule has 100 valence electrons. The Labute approximate surface area is 128 Å². The molecule has 0 N–H and O–H groups in total. The second kappa shape index (κ2) is 5.48. The molecule has 0 saturated carbocycles. The standard InChI is InChI=1S/C14H7Cl2NO2S/c15-8-5-6-9(10(16)7-8)13(18)20-14-17-11-3-1-2-4-12(11)19-14/h1-7H. The van der Waals surface area contributed by atoms with Crippen LogP contribution < -0.4 is 0 Å². The van der Waals surface area contributed by atoms with E-state index in [0.717, 1.165) is 11.8 Å². The molecule has 3 aromatic rings. The second-order valence-electron chi connectivity index (χ2n) is 3.96. The van der Waals surface area contributed by atoms with Crippen molar-refractivity contribution < 1.29 is 9.21 Å². The number of rotatable bonds is 2. The Kier molecular flexibility index (Phi) is 3.70. The summed E-state index contributed by atoms with van der Waals surface area (Å²) in [5.74, 6) is 0. The van der Waals surface area contributed by atoms with Crippen molar-refractivity contribution in [3.63, 3.8) is 0 Å². The van der Waals surface area contributed by atoms with Gasteiger partial charge in [-0.1, -0.05) is 35.3 Å². The van der Waals surface area contributed by atoms with Crippen molar-refractivity contribution in [1.82, 2.24) is 4.98 Å². The Morgan fingerprint density at radius 3 is 2.70 bits per heavy atom. The van der Waals surface area contributed by atoms with Gasteiger partial charge in [0.05, 0.1) is 5.02 Å². The van der Waals surface area contributed by atoms with Gasteiger partial charge >= 0.3 is 0 Å². The molecule has 0 aliphatic heterocycles. The van der Waals surface area contributed by atoms with E-state index in [1.165, 1.54) is 6.07 Å². The van der Waals surface area contributed by atoms with Crippen LogP contribution in [-0.2, 0) is 0 Å². The molecule has 1 heterocycles. The molecule has 3 rings (SSSR count). The van der Waals surface area contributed by atoms with E-state index < -0.39 is 0 Å². The number of halogens is 2. The van der Waals surface area contributed by atoms with Gasteiger partial charge in [0.15, 0.2) is 5.58 Å². The van der Waals surface area contributed by atoms with Crippen LogP contribution in [0.4, 0.5) is 0 Å². The van der Waals surface area contributed by atoms with Crippen LogP contribution in [0.15, 0.2) is 52.1 Å². The van der Waals surface area contributed by atoms with Gasteiger partial charge in [-0.15, -0.1) is 0 Å².